The summed E-state index contributed by atoms with van der Waals surface area (Å²) >= 11 is 0. The molecule has 0 radical (unpaired) electrons. The van der Waals surface area contributed by atoms with Crippen LogP contribution in [0.5, 0.6) is 0 Å². The van der Waals surface area contributed by atoms with Crippen LogP contribution in [0.2, 0.25) is 0 Å². The van der Waals surface area contributed by atoms with Crippen LogP contribution in [0, 0.1) is 0 Å². The minimum absolute atomic E-state index is 0.391. The highest BCUT2D eigenvalue weighted by Crippen LogP contribution is 2.24. The van der Waals surface area contributed by atoms with Crippen molar-refractivity contribution in [3.05, 3.63) is 23.8 Å². The predicted octanol–water partition coefficient (Wildman–Crippen LogP) is 2.41. The number of nitrogen functional groups attached to an aromatic ring is 1. The molecule has 4 heteroatoms. The third-order valence-electron chi connectivity index (χ3n) is 3.18. The number of carbonyl (C=O) groups excluding carboxylic acids is 1. The van der Waals surface area contributed by atoms with Crippen molar-refractivity contribution in [3.8, 4) is 0 Å². The number of benzene rings is 1. The Kier molecular flexibility index (Phi) is 3.52. The van der Waals surface area contributed by atoms with E-state index in [-0.39, 0.29) is 0 Å². The average molecular weight is 234 g/mol. The first-order chi connectivity index (χ1) is 8.20. The van der Waals surface area contributed by atoms with Crippen LogP contribution in [0.1, 0.15) is 36.0 Å². The smallest absolute Gasteiger partial charge is 0.340 e. The van der Waals surface area contributed by atoms with E-state index in [0.717, 1.165) is 5.69 Å². The molecule has 1 saturated carbocycles. The summed E-state index contributed by atoms with van der Waals surface area (Å²) in [7, 11) is 1.36. The van der Waals surface area contributed by atoms with Gasteiger partial charge in [-0.1, -0.05) is 12.8 Å². The van der Waals surface area contributed by atoms with Crippen LogP contribution in [0.15, 0.2) is 18.2 Å². The van der Waals surface area contributed by atoms with Gasteiger partial charge in [-0.15, -0.1) is 0 Å². The van der Waals surface area contributed by atoms with Gasteiger partial charge in [-0.2, -0.15) is 0 Å². The van der Waals surface area contributed by atoms with E-state index in [9.17, 15) is 4.79 Å². The Hall–Kier alpha value is -1.71. The Labute approximate surface area is 101 Å². The monoisotopic (exact) mass is 234 g/mol. The fourth-order valence-electron chi connectivity index (χ4n) is 2.24. The number of ether oxygens (including phenoxy) is 1. The molecule has 0 unspecified atom stereocenters. The number of hydrogen-bond acceptors (Lipinski definition) is 4. The van der Waals surface area contributed by atoms with Crippen LogP contribution in [0.3, 0.4) is 0 Å². The fraction of sp³-hybridized carbons (Fsp3) is 0.462. The average Bonchev–Trinajstić information content (AvgIpc) is 2.83. The molecule has 0 saturated heterocycles. The first-order valence-electron chi connectivity index (χ1n) is 5.95. The summed E-state index contributed by atoms with van der Waals surface area (Å²) < 4.78 is 4.70. The van der Waals surface area contributed by atoms with Crippen LogP contribution < -0.4 is 11.1 Å². The standard InChI is InChI=1S/C13H18N2O2/c1-17-13(16)11-8-10(6-7-12(11)14)15-9-4-2-3-5-9/h6-9,15H,2-5,14H2,1H3. The van der Waals surface area contributed by atoms with E-state index < -0.39 is 5.97 Å². The SMILES string of the molecule is COC(=O)c1cc(NC2CCCC2)ccc1N. The van der Waals surface area contributed by atoms with Crippen molar-refractivity contribution in [3.63, 3.8) is 0 Å². The molecular formula is C13H18N2O2. The molecule has 1 fully saturated rings. The Morgan fingerprint density at radius 2 is 2.12 bits per heavy atom. The zero-order valence-electron chi connectivity index (χ0n) is 10.0. The molecule has 1 aromatic rings. The Balaban J connectivity index is 2.15. The summed E-state index contributed by atoms with van der Waals surface area (Å²) in [6.45, 7) is 0. The summed E-state index contributed by atoms with van der Waals surface area (Å²) in [5.74, 6) is -0.391. The maximum absolute atomic E-state index is 11.5. The van der Waals surface area contributed by atoms with Gasteiger partial charge < -0.3 is 15.8 Å². The largest absolute Gasteiger partial charge is 0.465 e. The molecule has 0 aliphatic heterocycles. The maximum Gasteiger partial charge on any atom is 0.340 e. The number of hydrogen-bond donors (Lipinski definition) is 2. The molecule has 0 amide bonds. The van der Waals surface area contributed by atoms with Gasteiger partial charge in [-0.3, -0.25) is 0 Å². The number of rotatable bonds is 3. The molecule has 0 heterocycles. The highest BCUT2D eigenvalue weighted by Gasteiger charge is 2.16. The van der Waals surface area contributed by atoms with Crippen molar-refractivity contribution < 1.29 is 9.53 Å². The van der Waals surface area contributed by atoms with Crippen molar-refractivity contribution in [1.82, 2.24) is 0 Å². The highest BCUT2D eigenvalue weighted by molar-refractivity contribution is 5.96. The Morgan fingerprint density at radius 3 is 2.76 bits per heavy atom. The van der Waals surface area contributed by atoms with Crippen molar-refractivity contribution >= 4 is 17.3 Å². The first-order valence-corrected chi connectivity index (χ1v) is 5.95. The van der Waals surface area contributed by atoms with Crippen LogP contribution in [0.4, 0.5) is 11.4 Å². The summed E-state index contributed by atoms with van der Waals surface area (Å²) in [5, 5.41) is 3.42. The third kappa shape index (κ3) is 2.70. The van der Waals surface area contributed by atoms with Crippen molar-refractivity contribution in [1.29, 1.82) is 0 Å². The van der Waals surface area contributed by atoms with E-state index in [4.69, 9.17) is 10.5 Å². The molecule has 0 aromatic heterocycles. The number of anilines is 2. The minimum Gasteiger partial charge on any atom is -0.465 e. The van der Waals surface area contributed by atoms with Crippen LogP contribution in [-0.4, -0.2) is 19.1 Å². The van der Waals surface area contributed by atoms with Crippen LogP contribution >= 0.6 is 0 Å². The molecule has 0 spiro atoms. The number of nitrogens with one attached hydrogen (secondary N) is 1. The number of esters is 1. The fourth-order valence-corrected chi connectivity index (χ4v) is 2.24. The predicted molar refractivity (Wildman–Crippen MR) is 68.1 cm³/mol. The van der Waals surface area contributed by atoms with E-state index in [1.165, 1.54) is 32.8 Å². The van der Waals surface area contributed by atoms with E-state index in [0.29, 0.717) is 17.3 Å². The second-order valence-electron chi connectivity index (χ2n) is 4.42. The normalized spacial score (nSPS) is 15.8. The molecule has 1 aliphatic carbocycles. The molecule has 92 valence electrons. The lowest BCUT2D eigenvalue weighted by Gasteiger charge is -2.14. The molecule has 4 nitrogen and oxygen atoms in total. The van der Waals surface area contributed by atoms with Gasteiger partial charge >= 0.3 is 5.97 Å². The molecule has 3 N–H and O–H groups in total. The number of nitrogens with two attached hydrogens (primary N) is 1. The van der Waals surface area contributed by atoms with Gasteiger partial charge in [-0.25, -0.2) is 4.79 Å². The van der Waals surface area contributed by atoms with Gasteiger partial charge in [-0.05, 0) is 31.0 Å². The Morgan fingerprint density at radius 1 is 1.41 bits per heavy atom. The Bertz CT molecular complexity index is 412. The van der Waals surface area contributed by atoms with E-state index in [1.807, 2.05) is 6.07 Å². The summed E-state index contributed by atoms with van der Waals surface area (Å²) in [6, 6.07) is 5.92. The summed E-state index contributed by atoms with van der Waals surface area (Å²) in [5.41, 5.74) is 7.56. The third-order valence-corrected chi connectivity index (χ3v) is 3.18. The zero-order valence-corrected chi connectivity index (χ0v) is 10.0. The van der Waals surface area contributed by atoms with Crippen molar-refractivity contribution in [2.45, 2.75) is 31.7 Å². The molecule has 0 bridgehead atoms. The topological polar surface area (TPSA) is 64.3 Å². The van der Waals surface area contributed by atoms with Gasteiger partial charge in [0.1, 0.15) is 0 Å². The van der Waals surface area contributed by atoms with E-state index in [1.54, 1.807) is 12.1 Å². The highest BCUT2D eigenvalue weighted by atomic mass is 16.5. The van der Waals surface area contributed by atoms with Crippen molar-refractivity contribution in [2.75, 3.05) is 18.2 Å². The lowest BCUT2D eigenvalue weighted by atomic mass is 10.1. The number of carbonyl (C=O) groups is 1. The van der Waals surface area contributed by atoms with Crippen molar-refractivity contribution in [2.24, 2.45) is 0 Å². The molecule has 0 atom stereocenters. The minimum atomic E-state index is -0.391. The molecule has 2 rings (SSSR count). The van der Waals surface area contributed by atoms with E-state index >= 15 is 0 Å². The summed E-state index contributed by atoms with van der Waals surface area (Å²) in [4.78, 5) is 11.5. The second-order valence-corrected chi connectivity index (χ2v) is 4.42. The number of methoxy groups -OCH3 is 1. The van der Waals surface area contributed by atoms with Gasteiger partial charge in [0.25, 0.3) is 0 Å². The lowest BCUT2D eigenvalue weighted by Crippen LogP contribution is -2.15. The maximum atomic E-state index is 11.5. The zero-order chi connectivity index (χ0) is 12.3. The summed E-state index contributed by atoms with van der Waals surface area (Å²) in [6.07, 6.45) is 4.93. The molecular weight excluding hydrogens is 216 g/mol. The second kappa shape index (κ2) is 5.08. The van der Waals surface area contributed by atoms with Gasteiger partial charge in [0.15, 0.2) is 0 Å². The molecule has 1 aliphatic rings. The quantitative estimate of drug-likeness (QED) is 0.622. The van der Waals surface area contributed by atoms with E-state index in [2.05, 4.69) is 5.32 Å². The van der Waals surface area contributed by atoms with Gasteiger partial charge in [0, 0.05) is 17.4 Å². The van der Waals surface area contributed by atoms with Gasteiger partial charge in [0.05, 0.1) is 12.7 Å². The van der Waals surface area contributed by atoms with Crippen LogP contribution in [-0.2, 0) is 4.74 Å². The van der Waals surface area contributed by atoms with Crippen LogP contribution in [0.25, 0.3) is 0 Å². The lowest BCUT2D eigenvalue weighted by molar-refractivity contribution is 0.0602. The first kappa shape index (κ1) is 11.8. The molecule has 17 heavy (non-hydrogen) atoms. The molecule has 1 aromatic carbocycles. The van der Waals surface area contributed by atoms with Gasteiger partial charge in [0.2, 0.25) is 0 Å².